The van der Waals surface area contributed by atoms with Gasteiger partial charge >= 0.3 is 5.97 Å². The van der Waals surface area contributed by atoms with Gasteiger partial charge in [0, 0.05) is 64.7 Å². The molecule has 1 unspecified atom stereocenters. The van der Waals surface area contributed by atoms with E-state index >= 15 is 0 Å². The van der Waals surface area contributed by atoms with Crippen molar-refractivity contribution in [3.05, 3.63) is 0 Å². The average Bonchev–Trinajstić information content (AvgIpc) is 3.10. The first-order valence-electron chi connectivity index (χ1n) is 10.8. The highest BCUT2D eigenvalue weighted by Gasteiger charge is 2.28. The third-order valence-corrected chi connectivity index (χ3v) is 5.70. The van der Waals surface area contributed by atoms with Crippen LogP contribution in [-0.4, -0.2) is 110 Å². The molecule has 2 heterocycles. The van der Waals surface area contributed by atoms with Gasteiger partial charge in [0.15, 0.2) is 0 Å². The molecule has 2 fully saturated rings. The highest BCUT2D eigenvalue weighted by Crippen LogP contribution is 2.18. The van der Waals surface area contributed by atoms with Gasteiger partial charge in [0.2, 0.25) is 11.8 Å². The van der Waals surface area contributed by atoms with E-state index in [9.17, 15) is 14.4 Å². The molecular formula is C20H37N5O4. The second-order valence-electron chi connectivity index (χ2n) is 8.17. The van der Waals surface area contributed by atoms with E-state index in [0.29, 0.717) is 44.9 Å². The van der Waals surface area contributed by atoms with Crippen LogP contribution in [0.5, 0.6) is 0 Å². The van der Waals surface area contributed by atoms with Crippen molar-refractivity contribution in [3.8, 4) is 0 Å². The van der Waals surface area contributed by atoms with E-state index in [-0.39, 0.29) is 18.2 Å². The lowest BCUT2D eigenvalue weighted by molar-refractivity contribution is -0.137. The Kier molecular flexibility index (Phi) is 10.4. The van der Waals surface area contributed by atoms with Gasteiger partial charge in [-0.3, -0.25) is 24.2 Å². The Morgan fingerprint density at radius 1 is 0.931 bits per heavy atom. The predicted octanol–water partition coefficient (Wildman–Crippen LogP) is -0.424. The smallest absolute Gasteiger partial charge is 0.303 e. The molecule has 9 nitrogen and oxygen atoms in total. The molecule has 0 spiro atoms. The molecule has 0 aromatic heterocycles. The normalized spacial score (nSPS) is 21.2. The van der Waals surface area contributed by atoms with E-state index in [1.165, 1.54) is 0 Å². The number of amides is 2. The van der Waals surface area contributed by atoms with E-state index in [2.05, 4.69) is 32.4 Å². The number of likely N-dealkylation sites (tertiary alicyclic amines) is 1. The fourth-order valence-electron chi connectivity index (χ4n) is 3.91. The number of rotatable bonds is 12. The third-order valence-electron chi connectivity index (χ3n) is 5.70. The summed E-state index contributed by atoms with van der Waals surface area (Å²) in [6.07, 6.45) is 3.71. The Hall–Kier alpha value is -1.71. The van der Waals surface area contributed by atoms with Crippen molar-refractivity contribution in [2.24, 2.45) is 0 Å². The van der Waals surface area contributed by atoms with E-state index < -0.39 is 5.97 Å². The van der Waals surface area contributed by atoms with Gasteiger partial charge < -0.3 is 20.6 Å². The van der Waals surface area contributed by atoms with Gasteiger partial charge in [0.1, 0.15) is 0 Å². The van der Waals surface area contributed by atoms with E-state index in [1.807, 2.05) is 0 Å². The monoisotopic (exact) mass is 425 g/mol. The molecule has 0 radical (unpaired) electrons. The van der Waals surface area contributed by atoms with E-state index in [4.69, 9.17) is 5.11 Å². The highest BCUT2D eigenvalue weighted by molar-refractivity contribution is 5.78. The first-order valence-corrected chi connectivity index (χ1v) is 10.8. The van der Waals surface area contributed by atoms with Crippen LogP contribution in [-0.2, 0) is 14.4 Å². The summed E-state index contributed by atoms with van der Waals surface area (Å²) in [5.74, 6) is -0.931. The fourth-order valence-corrected chi connectivity index (χ4v) is 3.91. The van der Waals surface area contributed by atoms with Gasteiger partial charge in [-0.2, -0.15) is 0 Å². The minimum absolute atomic E-state index is 0.0251. The number of hydrogen-bond acceptors (Lipinski definition) is 6. The standard InChI is InChI=1S/C20H37N5O4/c1-23-11-13-24(14-12-23)15-17-5-4-10-25(17)16-19(27)22-8-2-6-18(26)21-9-3-7-20(28)29/h17H,2-16H2,1H3,(H,21,26)(H,22,27)(H,28,29)/i4+1,5+1,6+1,7+1,10+1,11+1,13+1,15+1,17+1,18+1,20+1,23+1,24+1,25+1. The molecule has 0 saturated carbocycles. The number of hydrogen-bond donors (Lipinski definition) is 3. The Morgan fingerprint density at radius 3 is 2.28 bits per heavy atom. The number of carboxylic acids is 1. The summed E-state index contributed by atoms with van der Waals surface area (Å²) in [5.41, 5.74) is 0. The van der Waals surface area contributed by atoms with Crippen LogP contribution < -0.4 is 10.6 Å². The molecule has 166 valence electrons. The van der Waals surface area contributed by atoms with Gasteiger partial charge in [-0.15, -0.1) is 0 Å². The van der Waals surface area contributed by atoms with Gasteiger partial charge in [-0.1, -0.05) is 0 Å². The summed E-state index contributed by atoms with van der Waals surface area (Å²) < 4.78 is 0. The molecule has 2 aliphatic rings. The molecule has 2 aliphatic heterocycles. The number of carboxylic acid groups (broad SMARTS) is 1. The molecule has 3 N–H and O–H groups in total. The zero-order valence-electron chi connectivity index (χ0n) is 17.7. The molecule has 2 rings (SSSR count). The lowest BCUT2D eigenvalue weighted by atomic mass is 10.5. The summed E-state index contributed by atoms with van der Waals surface area (Å²) in [6.45, 7) is 7.74. The van der Waals surface area contributed by atoms with Gasteiger partial charge in [-0.05, 0) is 39.3 Å². The zero-order valence-corrected chi connectivity index (χ0v) is 17.7. The number of aliphatic carboxylic acids is 1. The molecule has 2 amide bonds. The summed E-state index contributed by atoms with van der Waals surface area (Å²) in [5, 5.41) is 14.2. The molecule has 2 saturated heterocycles. The van der Waals surface area contributed by atoms with Crippen molar-refractivity contribution in [3.63, 3.8) is 0 Å². The van der Waals surface area contributed by atoms with Gasteiger partial charge in [0.05, 0.1) is 6.54 Å². The minimum atomic E-state index is -0.856. The Bertz CT molecular complexity index is 537. The number of nitrogens with one attached hydrogen (secondary N) is 2. The minimum Gasteiger partial charge on any atom is -0.481 e. The first-order chi connectivity index (χ1) is 13.9. The molecule has 0 aromatic rings. The van der Waals surface area contributed by atoms with Crippen molar-refractivity contribution in [1.82, 2.24) is 25.3 Å². The molecule has 0 bridgehead atoms. The first kappa shape index (κ1) is 23.6. The predicted molar refractivity (Wildman–Crippen MR) is 111 cm³/mol. The quantitative estimate of drug-likeness (QED) is 0.222. The van der Waals surface area contributed by atoms with Crippen molar-refractivity contribution < 1.29 is 19.5 Å². The Balaban J connectivity index is 1.55. The van der Waals surface area contributed by atoms with Crippen LogP contribution in [0.25, 0.3) is 0 Å². The highest BCUT2D eigenvalue weighted by atomic mass is 16.5. The molecular weight excluding hydrogens is 388 g/mol. The van der Waals surface area contributed by atoms with E-state index in [1.54, 1.807) is 0 Å². The van der Waals surface area contributed by atoms with Crippen LogP contribution in [0.4, 0.5) is 0 Å². The zero-order chi connectivity index (χ0) is 21.1. The fraction of sp³-hybridized carbons (Fsp3) is 0.850. The third kappa shape index (κ3) is 9.56. The van der Waals surface area contributed by atoms with Crippen LogP contribution in [0.2, 0.25) is 0 Å². The lowest BCUT2D eigenvalue weighted by Gasteiger charge is -2.36. The maximum Gasteiger partial charge on any atom is 0.303 e. The van der Waals surface area contributed by atoms with Crippen molar-refractivity contribution in [2.75, 3.05) is 66.0 Å². The summed E-state index contributed by atoms with van der Waals surface area (Å²) in [4.78, 5) is 41.5. The van der Waals surface area contributed by atoms with Crippen molar-refractivity contribution >= 4 is 17.8 Å². The molecule has 1 atom stereocenters. The van der Waals surface area contributed by atoms with Gasteiger partial charge in [0.25, 0.3) is 0 Å². The summed E-state index contributed by atoms with van der Waals surface area (Å²) in [6, 6.07) is 0.459. The Labute approximate surface area is 173 Å². The van der Waals surface area contributed by atoms with E-state index in [0.717, 1.165) is 52.1 Å². The molecule has 9 heteroatoms. The maximum atomic E-state index is 12.3. The second kappa shape index (κ2) is 12.8. The topological polar surface area (TPSA) is 105 Å². The van der Waals surface area contributed by atoms with Crippen LogP contribution in [0.1, 0.15) is 38.5 Å². The van der Waals surface area contributed by atoms with Crippen molar-refractivity contribution in [1.29, 1.82) is 0 Å². The molecule has 0 aromatic carbocycles. The number of carbonyl (C=O) groups is 3. The van der Waals surface area contributed by atoms with Crippen LogP contribution in [0.15, 0.2) is 0 Å². The lowest BCUT2D eigenvalue weighted by Crippen LogP contribution is -2.50. The van der Waals surface area contributed by atoms with Crippen LogP contribution >= 0.6 is 0 Å². The summed E-state index contributed by atoms with van der Waals surface area (Å²) in [7, 11) is 2.16. The number of likely N-dealkylation sites (N-methyl/N-ethyl adjacent to an activating group) is 1. The summed E-state index contributed by atoms with van der Waals surface area (Å²) >= 11 is 0. The van der Waals surface area contributed by atoms with Gasteiger partial charge in [-0.25, -0.2) is 0 Å². The van der Waals surface area contributed by atoms with Crippen molar-refractivity contribution in [2.45, 2.75) is 44.6 Å². The van der Waals surface area contributed by atoms with Crippen LogP contribution in [0, 0.1) is 0 Å². The number of nitrogens with zero attached hydrogens (tertiary/aromatic N) is 3. The molecule has 0 aliphatic carbocycles. The van der Waals surface area contributed by atoms with Crippen LogP contribution in [0.3, 0.4) is 0 Å². The Morgan fingerprint density at radius 2 is 1.59 bits per heavy atom. The largest absolute Gasteiger partial charge is 0.481 e. The second-order valence-corrected chi connectivity index (χ2v) is 8.17. The average molecular weight is 425 g/mol. The molecule has 29 heavy (non-hydrogen) atoms. The number of piperazine rings is 1. The maximum absolute atomic E-state index is 12.3. The SMILES string of the molecule is C[15N]1CC[15N]([13CH2][13CH]2[13CH2][13CH2][13CH2][15N]2CC(=O)NCC[13CH2][13C](=O)NCC[13CH2][13C](=O)O)[13CH2][13CH2]1. The number of carbonyl (C=O) groups excluding carboxylic acids is 2.